The van der Waals surface area contributed by atoms with E-state index in [-0.39, 0.29) is 24.1 Å². The first-order valence-electron chi connectivity index (χ1n) is 9.73. The van der Waals surface area contributed by atoms with E-state index in [2.05, 4.69) is 19.5 Å². The monoisotopic (exact) mass is 480 g/mol. The Morgan fingerprint density at radius 3 is 2.32 bits per heavy atom. The topological polar surface area (TPSA) is 124 Å². The number of aromatic nitrogens is 2. The Kier molecular flexibility index (Phi) is 7.76. The average molecular weight is 481 g/mol. The first kappa shape index (κ1) is 23.3. The van der Waals surface area contributed by atoms with Crippen molar-refractivity contribution in [2.45, 2.75) is 45.6 Å². The fourth-order valence-corrected chi connectivity index (χ4v) is 5.08. The number of aryl methyl sites for hydroxylation is 2. The molecule has 0 spiro atoms. The molecular weight excluding hydrogens is 456 g/mol. The number of hydrogen-bond donors (Lipinski definition) is 2. The van der Waals surface area contributed by atoms with Crippen molar-refractivity contribution in [2.75, 3.05) is 0 Å². The molecule has 1 aromatic carbocycles. The van der Waals surface area contributed by atoms with Crippen molar-refractivity contribution in [3.05, 3.63) is 62.0 Å². The summed E-state index contributed by atoms with van der Waals surface area (Å²) in [5.74, 6) is 0.00859. The highest BCUT2D eigenvalue weighted by Crippen LogP contribution is 2.24. The summed E-state index contributed by atoms with van der Waals surface area (Å²) in [4.78, 5) is 21.8. The Balaban J connectivity index is 1.74. The highest BCUT2D eigenvalue weighted by atomic mass is 32.2. The van der Waals surface area contributed by atoms with Gasteiger partial charge in [-0.3, -0.25) is 4.79 Å². The lowest BCUT2D eigenvalue weighted by atomic mass is 10.1. The molecule has 0 aliphatic heterocycles. The van der Waals surface area contributed by atoms with E-state index < -0.39 is 10.3 Å². The largest absolute Gasteiger partial charge is 0.380 e. The van der Waals surface area contributed by atoms with Gasteiger partial charge in [0.25, 0.3) is 0 Å². The third-order valence-electron chi connectivity index (χ3n) is 4.41. The van der Waals surface area contributed by atoms with Crippen LogP contribution in [-0.4, -0.2) is 24.3 Å². The SMILES string of the molecule is CCc1csc(CC(=O)NC(Cc2ccc(OS(N)(=O)=O)cc2)c2nc(CC)cs2)n1. The molecule has 11 heteroatoms. The number of rotatable bonds is 10. The van der Waals surface area contributed by atoms with Crippen molar-refractivity contribution in [3.8, 4) is 5.75 Å². The third kappa shape index (κ3) is 7.10. The lowest BCUT2D eigenvalue weighted by molar-refractivity contribution is -0.121. The van der Waals surface area contributed by atoms with E-state index in [4.69, 9.17) is 5.14 Å². The van der Waals surface area contributed by atoms with Gasteiger partial charge in [0, 0.05) is 10.8 Å². The van der Waals surface area contributed by atoms with E-state index in [1.54, 1.807) is 12.1 Å². The van der Waals surface area contributed by atoms with Crippen LogP contribution in [0.1, 0.15) is 46.9 Å². The summed E-state index contributed by atoms with van der Waals surface area (Å²) >= 11 is 2.99. The number of amides is 1. The predicted octanol–water partition coefficient (Wildman–Crippen LogP) is 2.95. The molecule has 0 radical (unpaired) electrons. The first-order chi connectivity index (χ1) is 14.8. The number of nitrogens with zero attached hydrogens (tertiary/aromatic N) is 2. The van der Waals surface area contributed by atoms with E-state index in [9.17, 15) is 13.2 Å². The number of thiazole rings is 2. The molecule has 3 rings (SSSR count). The zero-order chi connectivity index (χ0) is 22.4. The summed E-state index contributed by atoms with van der Waals surface area (Å²) in [6.45, 7) is 4.06. The summed E-state index contributed by atoms with van der Waals surface area (Å²) in [5, 5.41) is 13.5. The van der Waals surface area contributed by atoms with Gasteiger partial charge < -0.3 is 9.50 Å². The molecule has 0 saturated heterocycles. The van der Waals surface area contributed by atoms with Crippen molar-refractivity contribution >= 4 is 38.9 Å². The Bertz CT molecular complexity index is 1120. The van der Waals surface area contributed by atoms with Crippen LogP contribution in [0.15, 0.2) is 35.0 Å². The molecule has 1 amide bonds. The van der Waals surface area contributed by atoms with E-state index in [0.29, 0.717) is 6.42 Å². The normalized spacial score (nSPS) is 12.5. The summed E-state index contributed by atoms with van der Waals surface area (Å²) in [5.41, 5.74) is 2.85. The molecule has 1 atom stereocenters. The smallest absolute Gasteiger partial charge is 0.371 e. The van der Waals surface area contributed by atoms with Crippen LogP contribution in [0.4, 0.5) is 0 Å². The average Bonchev–Trinajstić information content (AvgIpc) is 3.37. The summed E-state index contributed by atoms with van der Waals surface area (Å²) < 4.78 is 26.8. The van der Waals surface area contributed by atoms with Gasteiger partial charge in [0.15, 0.2) is 0 Å². The Labute approximate surface area is 189 Å². The molecule has 3 N–H and O–H groups in total. The first-order valence-corrected chi connectivity index (χ1v) is 13.0. The van der Waals surface area contributed by atoms with Crippen LogP contribution in [0, 0.1) is 0 Å². The fraction of sp³-hybridized carbons (Fsp3) is 0.350. The van der Waals surface area contributed by atoms with Crippen LogP contribution >= 0.6 is 22.7 Å². The van der Waals surface area contributed by atoms with Crippen LogP contribution in [0.5, 0.6) is 5.75 Å². The van der Waals surface area contributed by atoms with Crippen LogP contribution in [0.25, 0.3) is 0 Å². The molecule has 2 aromatic heterocycles. The number of nitrogens with one attached hydrogen (secondary N) is 1. The van der Waals surface area contributed by atoms with Crippen LogP contribution in [0.2, 0.25) is 0 Å². The van der Waals surface area contributed by atoms with Crippen molar-refractivity contribution in [3.63, 3.8) is 0 Å². The highest BCUT2D eigenvalue weighted by Gasteiger charge is 2.20. The maximum atomic E-state index is 12.7. The van der Waals surface area contributed by atoms with Crippen molar-refractivity contribution in [1.82, 2.24) is 15.3 Å². The minimum Gasteiger partial charge on any atom is -0.371 e. The minimum absolute atomic E-state index is 0.121. The standard InChI is InChI=1S/C20H24N4O4S3/c1-3-14-11-29-19(22-14)10-18(25)24-17(20-23-15(4-2)12-30-20)9-13-5-7-16(8-6-13)28-31(21,26)27/h5-8,11-12,17H,3-4,9-10H2,1-2H3,(H,24,25)(H2,21,26,27). The summed E-state index contributed by atoms with van der Waals surface area (Å²) in [7, 11) is -4.07. The van der Waals surface area contributed by atoms with Crippen molar-refractivity contribution in [1.29, 1.82) is 0 Å². The molecule has 0 aliphatic rings. The number of carbonyl (C=O) groups is 1. The van der Waals surface area contributed by atoms with E-state index in [1.807, 2.05) is 24.6 Å². The molecule has 0 aliphatic carbocycles. The maximum absolute atomic E-state index is 12.7. The maximum Gasteiger partial charge on any atom is 0.380 e. The van der Waals surface area contributed by atoms with Gasteiger partial charge in [-0.2, -0.15) is 13.6 Å². The second-order valence-corrected chi connectivity index (χ2v) is 9.82. The van der Waals surface area contributed by atoms with Crippen LogP contribution < -0.4 is 14.6 Å². The zero-order valence-electron chi connectivity index (χ0n) is 17.2. The molecule has 0 bridgehead atoms. The lowest BCUT2D eigenvalue weighted by Crippen LogP contribution is -2.31. The van der Waals surface area contributed by atoms with Crippen LogP contribution in [0.3, 0.4) is 0 Å². The van der Waals surface area contributed by atoms with Crippen molar-refractivity contribution < 1.29 is 17.4 Å². The van der Waals surface area contributed by atoms with Gasteiger partial charge in [-0.25, -0.2) is 9.97 Å². The highest BCUT2D eigenvalue weighted by molar-refractivity contribution is 7.84. The molecule has 31 heavy (non-hydrogen) atoms. The van der Waals surface area contributed by atoms with E-state index >= 15 is 0 Å². The van der Waals surface area contributed by atoms with Crippen LogP contribution in [-0.2, 0) is 40.8 Å². The molecule has 0 saturated carbocycles. The number of hydrogen-bond acceptors (Lipinski definition) is 8. The van der Waals surface area contributed by atoms with Gasteiger partial charge in [-0.1, -0.05) is 26.0 Å². The molecule has 8 nitrogen and oxygen atoms in total. The summed E-state index contributed by atoms with van der Waals surface area (Å²) in [6.07, 6.45) is 2.37. The second kappa shape index (κ2) is 10.3. The summed E-state index contributed by atoms with van der Waals surface area (Å²) in [6, 6.07) is 6.22. The van der Waals surface area contributed by atoms with Gasteiger partial charge >= 0.3 is 10.3 Å². The lowest BCUT2D eigenvalue weighted by Gasteiger charge is -2.17. The molecule has 166 valence electrons. The molecule has 3 aromatic rings. The quantitative estimate of drug-likeness (QED) is 0.460. The Hall–Kier alpha value is -2.34. The van der Waals surface area contributed by atoms with Gasteiger partial charge in [0.1, 0.15) is 15.8 Å². The second-order valence-electron chi connectivity index (χ2n) is 6.84. The molecule has 0 fully saturated rings. The van der Waals surface area contributed by atoms with Crippen molar-refractivity contribution in [2.24, 2.45) is 5.14 Å². The van der Waals surface area contributed by atoms with E-state index in [1.165, 1.54) is 34.8 Å². The fourth-order valence-electron chi connectivity index (χ4n) is 2.87. The molecular formula is C20H24N4O4S3. The Morgan fingerprint density at radius 2 is 1.74 bits per heavy atom. The van der Waals surface area contributed by atoms with Gasteiger partial charge in [0.2, 0.25) is 5.91 Å². The van der Waals surface area contributed by atoms with Gasteiger partial charge in [0.05, 0.1) is 23.9 Å². The number of nitrogens with two attached hydrogens (primary N) is 1. The zero-order valence-corrected chi connectivity index (χ0v) is 19.6. The predicted molar refractivity (Wildman–Crippen MR) is 121 cm³/mol. The van der Waals surface area contributed by atoms with Gasteiger partial charge in [-0.05, 0) is 37.0 Å². The van der Waals surface area contributed by atoms with E-state index in [0.717, 1.165) is 39.8 Å². The minimum atomic E-state index is -4.07. The third-order valence-corrected chi connectivity index (χ3v) is 6.74. The number of carbonyl (C=O) groups excluding carboxylic acids is 1. The van der Waals surface area contributed by atoms with Gasteiger partial charge in [-0.15, -0.1) is 22.7 Å². The molecule has 1 unspecified atom stereocenters. The Morgan fingerprint density at radius 1 is 1.10 bits per heavy atom. The molecule has 2 heterocycles. The number of benzene rings is 1.